The van der Waals surface area contributed by atoms with E-state index in [1.54, 1.807) is 6.20 Å². The van der Waals surface area contributed by atoms with Crippen molar-refractivity contribution in [2.24, 2.45) is 0 Å². The summed E-state index contributed by atoms with van der Waals surface area (Å²) in [5, 5.41) is 13.8. The van der Waals surface area contributed by atoms with Gasteiger partial charge in [-0.15, -0.1) is 0 Å². The predicted molar refractivity (Wildman–Crippen MR) is 110 cm³/mol. The lowest BCUT2D eigenvalue weighted by molar-refractivity contribution is 0.263. The maximum Gasteiger partial charge on any atom is 0.220 e. The van der Waals surface area contributed by atoms with Crippen LogP contribution in [0.4, 0.5) is 5.82 Å². The van der Waals surface area contributed by atoms with E-state index in [4.69, 9.17) is 4.42 Å². The molecule has 0 atom stereocenters. The average molecular weight is 370 g/mol. The number of benzene rings is 1. The van der Waals surface area contributed by atoms with Crippen LogP contribution in [0, 0.1) is 23.2 Å². The van der Waals surface area contributed by atoms with E-state index in [1.807, 2.05) is 36.4 Å². The lowest BCUT2D eigenvalue weighted by Gasteiger charge is -2.29. The van der Waals surface area contributed by atoms with E-state index >= 15 is 0 Å². The van der Waals surface area contributed by atoms with Crippen LogP contribution in [0.15, 0.2) is 47.0 Å². The van der Waals surface area contributed by atoms with Crippen molar-refractivity contribution in [1.82, 2.24) is 9.88 Å². The van der Waals surface area contributed by atoms with Gasteiger partial charge in [0.15, 0.2) is 5.58 Å². The van der Waals surface area contributed by atoms with Gasteiger partial charge in [-0.05, 0) is 44.6 Å². The summed E-state index contributed by atoms with van der Waals surface area (Å²) in [6.07, 6.45) is 4.49. The molecular formula is C23H22N4O. The van der Waals surface area contributed by atoms with E-state index in [0.29, 0.717) is 23.6 Å². The molecule has 1 N–H and O–H groups in total. The zero-order valence-corrected chi connectivity index (χ0v) is 15.9. The fourth-order valence-electron chi connectivity index (χ4n) is 3.48. The Kier molecular flexibility index (Phi) is 5.28. The molecule has 1 aliphatic heterocycles. The van der Waals surface area contributed by atoms with Gasteiger partial charge in [-0.25, -0.2) is 4.98 Å². The van der Waals surface area contributed by atoms with E-state index in [2.05, 4.69) is 40.2 Å². The normalized spacial score (nSPS) is 15.0. The summed E-state index contributed by atoms with van der Waals surface area (Å²) in [5.41, 5.74) is 2.38. The summed E-state index contributed by atoms with van der Waals surface area (Å²) >= 11 is 0. The molecule has 0 amide bonds. The zero-order chi connectivity index (χ0) is 19.3. The van der Waals surface area contributed by atoms with Crippen LogP contribution < -0.4 is 5.32 Å². The molecular weight excluding hydrogens is 348 g/mol. The first-order valence-corrected chi connectivity index (χ1v) is 9.53. The molecule has 0 radical (unpaired) electrons. The summed E-state index contributed by atoms with van der Waals surface area (Å²) in [5.74, 6) is 7.36. The van der Waals surface area contributed by atoms with E-state index < -0.39 is 0 Å². The van der Waals surface area contributed by atoms with Crippen molar-refractivity contribution < 1.29 is 4.42 Å². The first-order chi connectivity index (χ1) is 13.7. The molecule has 5 nitrogen and oxygen atoms in total. The molecule has 0 bridgehead atoms. The quantitative estimate of drug-likeness (QED) is 0.711. The Morgan fingerprint density at radius 3 is 2.79 bits per heavy atom. The number of hydrogen-bond donors (Lipinski definition) is 1. The van der Waals surface area contributed by atoms with Gasteiger partial charge in [0, 0.05) is 17.8 Å². The highest BCUT2D eigenvalue weighted by Crippen LogP contribution is 2.27. The second kappa shape index (κ2) is 8.17. The van der Waals surface area contributed by atoms with Gasteiger partial charge in [0.1, 0.15) is 11.9 Å². The number of anilines is 1. The van der Waals surface area contributed by atoms with Gasteiger partial charge in [0.2, 0.25) is 5.76 Å². The Balaban J connectivity index is 1.59. The molecule has 0 saturated carbocycles. The van der Waals surface area contributed by atoms with Crippen LogP contribution in [-0.2, 0) is 6.42 Å². The van der Waals surface area contributed by atoms with Gasteiger partial charge in [0.25, 0.3) is 0 Å². The molecule has 28 heavy (non-hydrogen) atoms. The third-order valence-corrected chi connectivity index (χ3v) is 5.10. The minimum absolute atomic E-state index is 0.244. The third-order valence-electron chi connectivity index (χ3n) is 5.10. The van der Waals surface area contributed by atoms with Crippen LogP contribution in [0.2, 0.25) is 0 Å². The van der Waals surface area contributed by atoms with E-state index in [-0.39, 0.29) is 5.76 Å². The monoisotopic (exact) mass is 370 g/mol. The fraction of sp³-hybridized carbons (Fsp3) is 0.304. The van der Waals surface area contributed by atoms with E-state index in [1.165, 1.54) is 0 Å². The van der Waals surface area contributed by atoms with Crippen LogP contribution >= 0.6 is 0 Å². The predicted octanol–water partition coefficient (Wildman–Crippen LogP) is 3.80. The number of pyridine rings is 1. The number of hydrogen-bond acceptors (Lipinski definition) is 5. The number of nitriles is 1. The van der Waals surface area contributed by atoms with E-state index in [9.17, 15) is 5.26 Å². The number of furan rings is 1. The van der Waals surface area contributed by atoms with Crippen molar-refractivity contribution >= 4 is 16.8 Å². The first kappa shape index (κ1) is 18.1. The number of nitrogens with zero attached hydrogens (tertiary/aromatic N) is 3. The molecule has 5 heteroatoms. The number of fused-ring (bicyclic) bond motifs is 1. The third kappa shape index (κ3) is 4.01. The van der Waals surface area contributed by atoms with Gasteiger partial charge in [-0.3, -0.25) is 0 Å². The summed E-state index contributed by atoms with van der Waals surface area (Å²) in [6.45, 7) is 2.17. The number of nitrogens with one attached hydrogen (secondary N) is 1. The SMILES string of the molecule is CN1CCC(Nc2cc3c(C#CCc4ccccc4)c(C#N)oc3cn2)CC1. The minimum atomic E-state index is 0.244. The lowest BCUT2D eigenvalue weighted by atomic mass is 10.1. The molecule has 3 heterocycles. The number of aromatic nitrogens is 1. The summed E-state index contributed by atoms with van der Waals surface area (Å²) < 4.78 is 5.65. The highest BCUT2D eigenvalue weighted by Gasteiger charge is 2.18. The van der Waals surface area contributed by atoms with Gasteiger partial charge in [-0.1, -0.05) is 42.2 Å². The van der Waals surface area contributed by atoms with Gasteiger partial charge < -0.3 is 14.6 Å². The second-order valence-corrected chi connectivity index (χ2v) is 7.17. The highest BCUT2D eigenvalue weighted by atomic mass is 16.3. The van der Waals surface area contributed by atoms with Crippen LogP contribution in [-0.4, -0.2) is 36.1 Å². The van der Waals surface area contributed by atoms with Crippen molar-refractivity contribution in [2.75, 3.05) is 25.5 Å². The maximum atomic E-state index is 9.44. The first-order valence-electron chi connectivity index (χ1n) is 9.53. The van der Waals surface area contributed by atoms with Gasteiger partial charge in [0.05, 0.1) is 11.8 Å². The molecule has 2 aromatic heterocycles. The van der Waals surface area contributed by atoms with Crippen LogP contribution in [0.25, 0.3) is 11.0 Å². The molecule has 1 aromatic carbocycles. The topological polar surface area (TPSA) is 65.1 Å². The zero-order valence-electron chi connectivity index (χ0n) is 15.9. The van der Waals surface area contributed by atoms with Crippen molar-refractivity contribution in [2.45, 2.75) is 25.3 Å². The molecule has 1 fully saturated rings. The van der Waals surface area contributed by atoms with Crippen LogP contribution in [0.5, 0.6) is 0 Å². The largest absolute Gasteiger partial charge is 0.443 e. The number of piperidine rings is 1. The summed E-state index contributed by atoms with van der Waals surface area (Å²) in [7, 11) is 2.15. The smallest absolute Gasteiger partial charge is 0.220 e. The Morgan fingerprint density at radius 2 is 2.04 bits per heavy atom. The van der Waals surface area contributed by atoms with E-state index in [0.717, 1.165) is 42.7 Å². The second-order valence-electron chi connectivity index (χ2n) is 7.17. The summed E-state index contributed by atoms with van der Waals surface area (Å²) in [4.78, 5) is 6.80. The van der Waals surface area contributed by atoms with Crippen molar-refractivity contribution in [3.8, 4) is 17.9 Å². The standard InChI is InChI=1S/C23H22N4O/c1-27-12-10-18(11-13-27)26-23-14-20-19(21(15-24)28-22(20)16-25-23)9-5-8-17-6-3-2-4-7-17/h2-4,6-7,14,16,18H,8,10-13H2,1H3,(H,25,26). The maximum absolute atomic E-state index is 9.44. The Labute approximate surface area is 165 Å². The van der Waals surface area contributed by atoms with Gasteiger partial charge >= 0.3 is 0 Å². The number of rotatable bonds is 3. The Morgan fingerprint density at radius 1 is 1.25 bits per heavy atom. The molecule has 1 saturated heterocycles. The molecule has 4 rings (SSSR count). The highest BCUT2D eigenvalue weighted by molar-refractivity contribution is 5.88. The van der Waals surface area contributed by atoms with Gasteiger partial charge in [-0.2, -0.15) is 5.26 Å². The Bertz CT molecular complexity index is 1060. The fourth-order valence-corrected chi connectivity index (χ4v) is 3.48. The summed E-state index contributed by atoms with van der Waals surface area (Å²) in [6, 6.07) is 14.5. The van der Waals surface area contributed by atoms with Crippen molar-refractivity contribution in [3.63, 3.8) is 0 Å². The molecule has 1 aliphatic rings. The van der Waals surface area contributed by atoms with Crippen molar-refractivity contribution in [3.05, 3.63) is 59.5 Å². The van der Waals surface area contributed by atoms with Crippen LogP contribution in [0.3, 0.4) is 0 Å². The Hall–Kier alpha value is -3.28. The molecule has 0 spiro atoms. The average Bonchev–Trinajstić information content (AvgIpc) is 3.08. The van der Waals surface area contributed by atoms with Crippen LogP contribution in [0.1, 0.15) is 29.7 Å². The van der Waals surface area contributed by atoms with Crippen molar-refractivity contribution in [1.29, 1.82) is 5.26 Å². The lowest BCUT2D eigenvalue weighted by Crippen LogP contribution is -2.36. The molecule has 140 valence electrons. The number of likely N-dealkylation sites (tertiary alicyclic amines) is 1. The minimum Gasteiger partial charge on any atom is -0.443 e. The molecule has 0 aliphatic carbocycles. The molecule has 0 unspecified atom stereocenters. The molecule has 3 aromatic rings.